The highest BCUT2D eigenvalue weighted by molar-refractivity contribution is 6.23. The molecule has 4 rings (SSSR count). The zero-order chi connectivity index (χ0) is 24.1. The third-order valence-corrected chi connectivity index (χ3v) is 5.40. The molecule has 2 aliphatic rings. The Morgan fingerprint density at radius 2 is 1.70 bits per heavy atom. The first-order chi connectivity index (χ1) is 15.5. The second-order valence-electron chi connectivity index (χ2n) is 8.86. The summed E-state index contributed by atoms with van der Waals surface area (Å²) in [6, 6.07) is 4.93. The van der Waals surface area contributed by atoms with Crippen LogP contribution in [-0.4, -0.2) is 59.2 Å². The van der Waals surface area contributed by atoms with E-state index in [4.69, 9.17) is 10.5 Å². The predicted molar refractivity (Wildman–Crippen MR) is 118 cm³/mol. The highest BCUT2D eigenvalue weighted by Crippen LogP contribution is 2.30. The fraction of sp³-hybridized carbons (Fsp3) is 0.364. The third kappa shape index (κ3) is 4.13. The average Bonchev–Trinajstić information content (AvgIpc) is 3.00. The molecule has 1 saturated heterocycles. The molecule has 3 N–H and O–H groups in total. The quantitative estimate of drug-likeness (QED) is 0.655. The van der Waals surface area contributed by atoms with Crippen LogP contribution in [0.1, 0.15) is 41.5 Å². The number of benzene rings is 1. The van der Waals surface area contributed by atoms with E-state index in [1.807, 2.05) is 4.90 Å². The molecule has 0 saturated carbocycles. The molecule has 0 spiro atoms. The number of ether oxygens (including phenoxy) is 1. The number of nitrogen functional groups attached to an aromatic ring is 1. The van der Waals surface area contributed by atoms with Crippen molar-refractivity contribution in [2.24, 2.45) is 0 Å². The van der Waals surface area contributed by atoms with Crippen molar-refractivity contribution >= 4 is 29.4 Å². The number of nitrogens with one attached hydrogen (secondary N) is 1. The fourth-order valence-electron chi connectivity index (χ4n) is 3.93. The topological polar surface area (TPSA) is 127 Å². The van der Waals surface area contributed by atoms with Gasteiger partial charge >= 0.3 is 6.09 Å². The number of rotatable bonds is 2. The second kappa shape index (κ2) is 7.91. The molecule has 1 aromatic carbocycles. The van der Waals surface area contributed by atoms with Gasteiger partial charge in [-0.25, -0.2) is 9.18 Å². The lowest BCUT2D eigenvalue weighted by atomic mass is 10.1. The number of carbonyl (C=O) groups is 3. The number of piperazine rings is 1. The highest BCUT2D eigenvalue weighted by Gasteiger charge is 2.33. The number of carbonyl (C=O) groups excluding carboxylic acids is 3. The van der Waals surface area contributed by atoms with E-state index in [1.165, 1.54) is 12.1 Å². The molecule has 0 radical (unpaired) electrons. The van der Waals surface area contributed by atoms with Crippen LogP contribution in [0.15, 0.2) is 29.1 Å². The lowest BCUT2D eigenvalue weighted by Crippen LogP contribution is -2.50. The van der Waals surface area contributed by atoms with Crippen LogP contribution >= 0.6 is 0 Å². The highest BCUT2D eigenvalue weighted by atomic mass is 19.1. The Balaban J connectivity index is 1.68. The molecule has 0 bridgehead atoms. The summed E-state index contributed by atoms with van der Waals surface area (Å²) in [5.41, 5.74) is 5.25. The maximum Gasteiger partial charge on any atom is 0.410 e. The summed E-state index contributed by atoms with van der Waals surface area (Å²) >= 11 is 0. The number of anilines is 2. The summed E-state index contributed by atoms with van der Waals surface area (Å²) in [4.78, 5) is 52.8. The Morgan fingerprint density at radius 1 is 1.03 bits per heavy atom. The molecule has 0 unspecified atom stereocenters. The number of nitrogens with two attached hydrogens (primary N) is 1. The lowest BCUT2D eigenvalue weighted by molar-refractivity contribution is 0.0240. The van der Waals surface area contributed by atoms with Gasteiger partial charge in [0.15, 0.2) is 0 Å². The number of imide groups is 1. The van der Waals surface area contributed by atoms with Crippen molar-refractivity contribution in [2.75, 3.05) is 36.8 Å². The van der Waals surface area contributed by atoms with Crippen molar-refractivity contribution in [1.82, 2.24) is 14.8 Å². The number of hydrogen-bond acceptors (Lipinski definition) is 7. The molecule has 0 atom stereocenters. The molecule has 3 amide bonds. The SMILES string of the molecule is CC(C)(C)OC(=O)N1CCN(c2ccc(F)cc2-n2c(N)c3c(cc2=O)C(=O)NC3=O)CC1. The number of fused-ring (bicyclic) bond motifs is 1. The van der Waals surface area contributed by atoms with Crippen LogP contribution in [0.3, 0.4) is 0 Å². The van der Waals surface area contributed by atoms with Crippen molar-refractivity contribution in [3.63, 3.8) is 0 Å². The fourth-order valence-corrected chi connectivity index (χ4v) is 3.93. The Hall–Kier alpha value is -3.89. The van der Waals surface area contributed by atoms with E-state index in [9.17, 15) is 23.6 Å². The van der Waals surface area contributed by atoms with Crippen LogP contribution in [0.4, 0.5) is 20.7 Å². The second-order valence-corrected chi connectivity index (χ2v) is 8.86. The normalized spacial score (nSPS) is 16.0. The van der Waals surface area contributed by atoms with Crippen molar-refractivity contribution in [2.45, 2.75) is 26.4 Å². The number of amides is 3. The number of aromatic nitrogens is 1. The summed E-state index contributed by atoms with van der Waals surface area (Å²) < 4.78 is 20.7. The third-order valence-electron chi connectivity index (χ3n) is 5.40. The monoisotopic (exact) mass is 457 g/mol. The Bertz CT molecular complexity index is 1220. The molecule has 1 aromatic heterocycles. The molecule has 174 valence electrons. The number of nitrogens with zero attached hydrogens (tertiary/aromatic N) is 3. The number of hydrogen-bond donors (Lipinski definition) is 2. The van der Waals surface area contributed by atoms with Gasteiger partial charge in [-0.05, 0) is 32.9 Å². The predicted octanol–water partition coefficient (Wildman–Crippen LogP) is 1.50. The van der Waals surface area contributed by atoms with E-state index >= 15 is 0 Å². The van der Waals surface area contributed by atoms with Gasteiger partial charge in [0.1, 0.15) is 17.2 Å². The first-order valence-corrected chi connectivity index (χ1v) is 10.4. The molecule has 33 heavy (non-hydrogen) atoms. The minimum Gasteiger partial charge on any atom is -0.444 e. The Kier molecular flexibility index (Phi) is 5.35. The minimum atomic E-state index is -0.717. The largest absolute Gasteiger partial charge is 0.444 e. The molecule has 1 fully saturated rings. The molecule has 3 heterocycles. The van der Waals surface area contributed by atoms with Crippen molar-refractivity contribution in [1.29, 1.82) is 0 Å². The summed E-state index contributed by atoms with van der Waals surface area (Å²) in [6.07, 6.45) is -0.420. The van der Waals surface area contributed by atoms with E-state index < -0.39 is 34.9 Å². The van der Waals surface area contributed by atoms with Crippen molar-refractivity contribution < 1.29 is 23.5 Å². The Labute approximate surface area is 188 Å². The van der Waals surface area contributed by atoms with Crippen LogP contribution in [0.25, 0.3) is 5.69 Å². The molecular formula is C22H24FN5O5. The van der Waals surface area contributed by atoms with Crippen molar-refractivity contribution in [3.05, 3.63) is 51.6 Å². The summed E-state index contributed by atoms with van der Waals surface area (Å²) in [6.45, 7) is 6.89. The van der Waals surface area contributed by atoms with Gasteiger partial charge in [-0.3, -0.25) is 24.3 Å². The first kappa shape index (κ1) is 22.3. The lowest BCUT2D eigenvalue weighted by Gasteiger charge is -2.37. The van der Waals surface area contributed by atoms with Gasteiger partial charge in [-0.2, -0.15) is 0 Å². The van der Waals surface area contributed by atoms with E-state index in [2.05, 4.69) is 5.32 Å². The molecule has 0 aliphatic carbocycles. The minimum absolute atomic E-state index is 0.109. The number of halogens is 1. The van der Waals surface area contributed by atoms with Crippen LogP contribution in [0.2, 0.25) is 0 Å². The van der Waals surface area contributed by atoms with Crippen LogP contribution in [0.5, 0.6) is 0 Å². The molecular weight excluding hydrogens is 433 g/mol. The van der Waals surface area contributed by atoms with Gasteiger partial charge in [0, 0.05) is 38.3 Å². The zero-order valence-electron chi connectivity index (χ0n) is 18.5. The van der Waals surface area contributed by atoms with E-state index in [0.717, 1.165) is 16.7 Å². The number of pyridine rings is 1. The molecule has 2 aromatic rings. The van der Waals surface area contributed by atoms with Crippen LogP contribution < -0.4 is 21.5 Å². The average molecular weight is 457 g/mol. The molecule has 11 heteroatoms. The van der Waals surface area contributed by atoms with Crippen LogP contribution in [-0.2, 0) is 4.74 Å². The summed E-state index contributed by atoms with van der Waals surface area (Å²) in [5, 5.41) is 2.11. The van der Waals surface area contributed by atoms with Gasteiger partial charge in [0.05, 0.1) is 22.5 Å². The summed E-state index contributed by atoms with van der Waals surface area (Å²) in [7, 11) is 0. The van der Waals surface area contributed by atoms with E-state index in [-0.39, 0.29) is 22.6 Å². The Morgan fingerprint density at radius 3 is 2.33 bits per heavy atom. The molecule has 10 nitrogen and oxygen atoms in total. The maximum atomic E-state index is 14.2. The standard InChI is InChI=1S/C22H24FN5O5/c1-22(2,3)33-21(32)27-8-6-26(7-9-27)14-5-4-12(23)10-15(14)28-16(29)11-13-17(18(28)24)20(31)25-19(13)30/h4-5,10-11H,6-9,24H2,1-3H3,(H,25,30,31). The smallest absolute Gasteiger partial charge is 0.410 e. The van der Waals surface area contributed by atoms with Gasteiger partial charge in [0.25, 0.3) is 17.4 Å². The van der Waals surface area contributed by atoms with Gasteiger partial charge in [-0.15, -0.1) is 0 Å². The summed E-state index contributed by atoms with van der Waals surface area (Å²) in [5.74, 6) is -2.28. The van der Waals surface area contributed by atoms with E-state index in [1.54, 1.807) is 25.7 Å². The van der Waals surface area contributed by atoms with Crippen LogP contribution in [0, 0.1) is 5.82 Å². The first-order valence-electron chi connectivity index (χ1n) is 10.4. The maximum absolute atomic E-state index is 14.2. The molecule has 2 aliphatic heterocycles. The van der Waals surface area contributed by atoms with Gasteiger partial charge in [0.2, 0.25) is 0 Å². The van der Waals surface area contributed by atoms with Crippen molar-refractivity contribution in [3.8, 4) is 5.69 Å². The van der Waals surface area contributed by atoms with Gasteiger partial charge < -0.3 is 20.3 Å². The van der Waals surface area contributed by atoms with Gasteiger partial charge in [-0.1, -0.05) is 0 Å². The zero-order valence-corrected chi connectivity index (χ0v) is 18.5. The van der Waals surface area contributed by atoms with E-state index in [0.29, 0.717) is 31.9 Å².